The number of hydrogen-bond donors (Lipinski definition) is 0. The van der Waals surface area contributed by atoms with Crippen molar-refractivity contribution < 1.29 is 27.4 Å². The van der Waals surface area contributed by atoms with E-state index in [0.29, 0.717) is 12.2 Å². The summed E-state index contributed by atoms with van der Waals surface area (Å²) in [5, 5.41) is 0. The van der Waals surface area contributed by atoms with Gasteiger partial charge in [-0.3, -0.25) is 0 Å². The molecule has 0 aliphatic heterocycles. The van der Waals surface area contributed by atoms with Gasteiger partial charge in [-0.05, 0) is 24.6 Å². The van der Waals surface area contributed by atoms with Gasteiger partial charge in [-0.2, -0.15) is 13.2 Å². The molecular formula is C15H17F3O3. The number of unbranched alkanes of at least 4 members (excludes halogenated alkanes) is 1. The first kappa shape index (κ1) is 17.1. The maximum Gasteiger partial charge on any atom is 0.416 e. The monoisotopic (exact) mass is 302 g/mol. The van der Waals surface area contributed by atoms with Gasteiger partial charge in [0.15, 0.2) is 0 Å². The quantitative estimate of drug-likeness (QED) is 0.451. The molecule has 0 fully saturated rings. The van der Waals surface area contributed by atoms with Crippen molar-refractivity contribution in [1.29, 1.82) is 0 Å². The number of carbonyl (C=O) groups excluding carboxylic acids is 1. The second kappa shape index (κ2) is 7.71. The topological polar surface area (TPSA) is 35.5 Å². The Bertz CT molecular complexity index is 507. The maximum atomic E-state index is 12.7. The summed E-state index contributed by atoms with van der Waals surface area (Å²) >= 11 is 0. The molecule has 1 aromatic rings. The second-order valence-corrected chi connectivity index (χ2v) is 4.31. The fourth-order valence-corrected chi connectivity index (χ4v) is 1.53. The standard InChI is InChI=1S/C15H17F3O3/c1-3-4-9-21-13-10-12(15(16,17)18)7-5-11(13)6-8-14(19)20-2/h5-8,10H,3-4,9H2,1-2H3. The van der Waals surface area contributed by atoms with Crippen LogP contribution in [0.15, 0.2) is 24.3 Å². The average Bonchev–Trinajstić information content (AvgIpc) is 2.44. The number of carbonyl (C=O) groups is 1. The number of alkyl halides is 3. The molecule has 0 spiro atoms. The molecule has 0 heterocycles. The van der Waals surface area contributed by atoms with E-state index in [1.807, 2.05) is 6.92 Å². The van der Waals surface area contributed by atoms with Crippen LogP contribution in [-0.2, 0) is 15.7 Å². The summed E-state index contributed by atoms with van der Waals surface area (Å²) in [7, 11) is 1.22. The Morgan fingerprint density at radius 3 is 2.62 bits per heavy atom. The Morgan fingerprint density at radius 1 is 1.33 bits per heavy atom. The Labute approximate surface area is 121 Å². The zero-order valence-corrected chi connectivity index (χ0v) is 11.9. The summed E-state index contributed by atoms with van der Waals surface area (Å²) in [6, 6.07) is 3.15. The van der Waals surface area contributed by atoms with Gasteiger partial charge in [0.05, 0.1) is 19.3 Å². The molecule has 0 unspecified atom stereocenters. The predicted molar refractivity (Wildman–Crippen MR) is 72.9 cm³/mol. The minimum Gasteiger partial charge on any atom is -0.493 e. The zero-order chi connectivity index (χ0) is 15.9. The Hall–Kier alpha value is -1.98. The van der Waals surface area contributed by atoms with Gasteiger partial charge in [-0.15, -0.1) is 0 Å². The summed E-state index contributed by atoms with van der Waals surface area (Å²) in [5.41, 5.74) is -0.395. The lowest BCUT2D eigenvalue weighted by Gasteiger charge is -2.13. The van der Waals surface area contributed by atoms with E-state index in [-0.39, 0.29) is 5.75 Å². The summed E-state index contributed by atoms with van der Waals surface area (Å²) in [5.74, 6) is -0.493. The fraction of sp³-hybridized carbons (Fsp3) is 0.400. The molecule has 1 rings (SSSR count). The van der Waals surface area contributed by atoms with Crippen molar-refractivity contribution in [1.82, 2.24) is 0 Å². The summed E-state index contributed by atoms with van der Waals surface area (Å²) in [4.78, 5) is 11.1. The lowest BCUT2D eigenvalue weighted by molar-refractivity contribution is -0.138. The van der Waals surface area contributed by atoms with Gasteiger partial charge < -0.3 is 9.47 Å². The molecule has 116 valence electrons. The Morgan fingerprint density at radius 2 is 2.05 bits per heavy atom. The predicted octanol–water partition coefficient (Wildman–Crippen LogP) is 4.07. The van der Waals surface area contributed by atoms with Crippen molar-refractivity contribution in [3.05, 3.63) is 35.4 Å². The first-order chi connectivity index (χ1) is 9.88. The highest BCUT2D eigenvalue weighted by Crippen LogP contribution is 2.33. The van der Waals surface area contributed by atoms with Gasteiger partial charge in [-0.25, -0.2) is 4.79 Å². The third-order valence-corrected chi connectivity index (χ3v) is 2.70. The lowest BCUT2D eigenvalue weighted by Crippen LogP contribution is -2.06. The van der Waals surface area contributed by atoms with E-state index in [0.717, 1.165) is 31.1 Å². The molecule has 6 heteroatoms. The van der Waals surface area contributed by atoms with Crippen molar-refractivity contribution in [2.75, 3.05) is 13.7 Å². The lowest BCUT2D eigenvalue weighted by atomic mass is 10.1. The van der Waals surface area contributed by atoms with Gasteiger partial charge in [0.25, 0.3) is 0 Å². The van der Waals surface area contributed by atoms with Crippen LogP contribution in [0.25, 0.3) is 6.08 Å². The number of halogens is 3. The van der Waals surface area contributed by atoms with Crippen LogP contribution in [0.4, 0.5) is 13.2 Å². The van der Waals surface area contributed by atoms with Crippen LogP contribution in [0.2, 0.25) is 0 Å². The first-order valence-electron chi connectivity index (χ1n) is 6.48. The minimum absolute atomic E-state index is 0.0958. The Kier molecular flexibility index (Phi) is 6.27. The highest BCUT2D eigenvalue weighted by molar-refractivity contribution is 5.87. The zero-order valence-electron chi connectivity index (χ0n) is 11.9. The molecule has 3 nitrogen and oxygen atoms in total. The van der Waals surface area contributed by atoms with E-state index >= 15 is 0 Å². The van der Waals surface area contributed by atoms with Crippen LogP contribution in [0.1, 0.15) is 30.9 Å². The fourth-order valence-electron chi connectivity index (χ4n) is 1.53. The van der Waals surface area contributed by atoms with Crippen molar-refractivity contribution in [3.8, 4) is 5.75 Å². The van der Waals surface area contributed by atoms with E-state index in [2.05, 4.69) is 4.74 Å². The number of rotatable bonds is 6. The van der Waals surface area contributed by atoms with E-state index < -0.39 is 17.7 Å². The van der Waals surface area contributed by atoms with Crippen molar-refractivity contribution in [2.45, 2.75) is 25.9 Å². The van der Waals surface area contributed by atoms with Crippen molar-refractivity contribution >= 4 is 12.0 Å². The molecule has 0 radical (unpaired) electrons. The highest BCUT2D eigenvalue weighted by Gasteiger charge is 2.31. The van der Waals surface area contributed by atoms with E-state index in [4.69, 9.17) is 4.74 Å². The maximum absolute atomic E-state index is 12.7. The van der Waals surface area contributed by atoms with E-state index in [9.17, 15) is 18.0 Å². The Balaban J connectivity index is 3.04. The van der Waals surface area contributed by atoms with E-state index in [1.165, 1.54) is 19.3 Å². The van der Waals surface area contributed by atoms with Crippen molar-refractivity contribution in [2.24, 2.45) is 0 Å². The molecule has 0 saturated heterocycles. The van der Waals surface area contributed by atoms with Gasteiger partial charge in [0, 0.05) is 11.6 Å². The summed E-state index contributed by atoms with van der Waals surface area (Å²) in [6.07, 6.45) is -0.335. The van der Waals surface area contributed by atoms with Gasteiger partial charge in [-0.1, -0.05) is 19.4 Å². The third-order valence-electron chi connectivity index (χ3n) is 2.70. The number of ether oxygens (including phenoxy) is 2. The van der Waals surface area contributed by atoms with Crippen LogP contribution < -0.4 is 4.74 Å². The number of benzene rings is 1. The molecule has 0 aromatic heterocycles. The van der Waals surface area contributed by atoms with Crippen LogP contribution >= 0.6 is 0 Å². The molecule has 0 N–H and O–H groups in total. The van der Waals surface area contributed by atoms with Gasteiger partial charge in [0.1, 0.15) is 5.75 Å². The number of hydrogen-bond acceptors (Lipinski definition) is 3. The molecule has 0 atom stereocenters. The van der Waals surface area contributed by atoms with Crippen LogP contribution in [0, 0.1) is 0 Å². The SMILES string of the molecule is CCCCOc1cc(C(F)(F)F)ccc1C=CC(=O)OC. The van der Waals surface area contributed by atoms with E-state index in [1.54, 1.807) is 0 Å². The molecule has 21 heavy (non-hydrogen) atoms. The molecule has 0 aliphatic carbocycles. The average molecular weight is 302 g/mol. The number of methoxy groups -OCH3 is 1. The first-order valence-corrected chi connectivity index (χ1v) is 6.48. The normalized spacial score (nSPS) is 11.7. The molecular weight excluding hydrogens is 285 g/mol. The van der Waals surface area contributed by atoms with Crippen LogP contribution in [0.3, 0.4) is 0 Å². The smallest absolute Gasteiger partial charge is 0.416 e. The molecule has 1 aromatic carbocycles. The highest BCUT2D eigenvalue weighted by atomic mass is 19.4. The number of esters is 1. The molecule has 0 saturated carbocycles. The second-order valence-electron chi connectivity index (χ2n) is 4.31. The van der Waals surface area contributed by atoms with Crippen LogP contribution in [-0.4, -0.2) is 19.7 Å². The van der Waals surface area contributed by atoms with Crippen LogP contribution in [0.5, 0.6) is 5.75 Å². The summed E-state index contributed by atoms with van der Waals surface area (Å²) in [6.45, 7) is 2.27. The minimum atomic E-state index is -4.44. The molecule has 0 bridgehead atoms. The largest absolute Gasteiger partial charge is 0.493 e. The van der Waals surface area contributed by atoms with Gasteiger partial charge in [0.2, 0.25) is 0 Å². The molecule has 0 amide bonds. The van der Waals surface area contributed by atoms with Crippen molar-refractivity contribution in [3.63, 3.8) is 0 Å². The third kappa shape index (κ3) is 5.49. The van der Waals surface area contributed by atoms with Gasteiger partial charge >= 0.3 is 12.1 Å². The molecule has 0 aliphatic rings. The summed E-state index contributed by atoms with van der Waals surface area (Å²) < 4.78 is 47.9.